The summed E-state index contributed by atoms with van der Waals surface area (Å²) in [6.07, 6.45) is 3.54. The Hall–Kier alpha value is -1.59. The number of piperidine rings is 1. The Labute approximate surface area is 149 Å². The molecule has 2 N–H and O–H groups in total. The zero-order chi connectivity index (χ0) is 16.1. The first kappa shape index (κ1) is 18.7. The van der Waals surface area contributed by atoms with Gasteiger partial charge < -0.3 is 15.5 Å². The molecule has 132 valence electrons. The third-order valence-electron chi connectivity index (χ3n) is 4.85. The van der Waals surface area contributed by atoms with Crippen LogP contribution in [0.25, 0.3) is 0 Å². The van der Waals surface area contributed by atoms with Crippen molar-refractivity contribution in [3.63, 3.8) is 0 Å². The molecule has 2 aliphatic rings. The molecule has 0 bridgehead atoms. The van der Waals surface area contributed by atoms with Gasteiger partial charge in [0, 0.05) is 25.6 Å². The van der Waals surface area contributed by atoms with Crippen LogP contribution in [0.15, 0.2) is 30.3 Å². The van der Waals surface area contributed by atoms with E-state index in [0.29, 0.717) is 19.6 Å². The van der Waals surface area contributed by atoms with E-state index in [1.165, 1.54) is 0 Å². The van der Waals surface area contributed by atoms with Crippen LogP contribution in [0, 0.1) is 5.92 Å². The largest absolute Gasteiger partial charge is 0.352 e. The van der Waals surface area contributed by atoms with E-state index in [-0.39, 0.29) is 36.2 Å². The Morgan fingerprint density at radius 1 is 1.12 bits per heavy atom. The molecule has 1 aromatic carbocycles. The molecule has 1 aromatic rings. The van der Waals surface area contributed by atoms with Crippen LogP contribution in [0.1, 0.15) is 31.2 Å². The van der Waals surface area contributed by atoms with Crippen LogP contribution >= 0.6 is 12.4 Å². The highest BCUT2D eigenvalue weighted by atomic mass is 35.5. The molecule has 0 saturated carbocycles. The van der Waals surface area contributed by atoms with Crippen LogP contribution < -0.4 is 10.6 Å². The molecule has 1 atom stereocenters. The van der Waals surface area contributed by atoms with E-state index in [1.807, 2.05) is 35.2 Å². The van der Waals surface area contributed by atoms with Crippen molar-refractivity contribution < 1.29 is 9.59 Å². The lowest BCUT2D eigenvalue weighted by Gasteiger charge is -2.33. The lowest BCUT2D eigenvalue weighted by atomic mass is 9.95. The summed E-state index contributed by atoms with van der Waals surface area (Å²) in [5.74, 6) is 0.352. The van der Waals surface area contributed by atoms with Crippen LogP contribution in [-0.4, -0.2) is 42.4 Å². The Balaban J connectivity index is 0.00000208. The summed E-state index contributed by atoms with van der Waals surface area (Å²) in [5, 5.41) is 6.27. The molecule has 0 radical (unpaired) electrons. The van der Waals surface area contributed by atoms with Crippen molar-refractivity contribution >= 4 is 24.2 Å². The topological polar surface area (TPSA) is 61.4 Å². The van der Waals surface area contributed by atoms with Crippen LogP contribution in [-0.2, 0) is 16.1 Å². The third-order valence-corrected chi connectivity index (χ3v) is 4.85. The summed E-state index contributed by atoms with van der Waals surface area (Å²) >= 11 is 0. The Bertz CT molecular complexity index is 538. The lowest BCUT2D eigenvalue weighted by Crippen LogP contribution is -2.48. The van der Waals surface area contributed by atoms with Gasteiger partial charge in [-0.3, -0.25) is 9.59 Å². The number of likely N-dealkylation sites (tertiary alicyclic amines) is 1. The van der Waals surface area contributed by atoms with Gasteiger partial charge in [0.1, 0.15) is 0 Å². The zero-order valence-electron chi connectivity index (χ0n) is 13.9. The number of nitrogens with zero attached hydrogens (tertiary/aromatic N) is 1. The second-order valence-corrected chi connectivity index (χ2v) is 6.45. The van der Waals surface area contributed by atoms with E-state index in [2.05, 4.69) is 10.6 Å². The number of nitrogens with one attached hydrogen (secondary N) is 2. The van der Waals surface area contributed by atoms with E-state index >= 15 is 0 Å². The van der Waals surface area contributed by atoms with Gasteiger partial charge in [-0.1, -0.05) is 30.3 Å². The molecule has 0 aromatic heterocycles. The molecule has 3 rings (SSSR count). The number of halogens is 1. The van der Waals surface area contributed by atoms with E-state index in [1.54, 1.807) is 0 Å². The molecule has 0 spiro atoms. The Morgan fingerprint density at radius 2 is 1.83 bits per heavy atom. The zero-order valence-corrected chi connectivity index (χ0v) is 14.7. The fourth-order valence-corrected chi connectivity index (χ4v) is 3.41. The van der Waals surface area contributed by atoms with Gasteiger partial charge in [0.15, 0.2) is 0 Å². The van der Waals surface area contributed by atoms with E-state index in [9.17, 15) is 9.59 Å². The monoisotopic (exact) mass is 351 g/mol. The van der Waals surface area contributed by atoms with Gasteiger partial charge in [0.05, 0.1) is 6.04 Å². The number of rotatable bonds is 4. The maximum absolute atomic E-state index is 12.4. The first-order valence-corrected chi connectivity index (χ1v) is 8.58. The molecule has 1 unspecified atom stereocenters. The molecular weight excluding hydrogens is 326 g/mol. The van der Waals surface area contributed by atoms with Crippen molar-refractivity contribution in [1.29, 1.82) is 0 Å². The van der Waals surface area contributed by atoms with E-state index < -0.39 is 0 Å². The van der Waals surface area contributed by atoms with Crippen molar-refractivity contribution in [3.8, 4) is 0 Å². The maximum atomic E-state index is 12.4. The SMILES string of the molecule is Cl.O=C(NCc1ccccc1)C1CCN(C(=O)C2CCCN2)CC1. The predicted molar refractivity (Wildman–Crippen MR) is 95.9 cm³/mol. The standard InChI is InChI=1S/C18H25N3O2.ClH/c22-17(20-13-14-5-2-1-3-6-14)15-8-11-21(12-9-15)18(23)16-7-4-10-19-16;/h1-3,5-6,15-16,19H,4,7-13H2,(H,20,22);1H. The first-order valence-electron chi connectivity index (χ1n) is 8.58. The lowest BCUT2D eigenvalue weighted by molar-refractivity contribution is -0.137. The van der Waals surface area contributed by atoms with E-state index in [4.69, 9.17) is 0 Å². The average Bonchev–Trinajstić information content (AvgIpc) is 3.15. The molecule has 2 fully saturated rings. The van der Waals surface area contributed by atoms with Gasteiger partial charge in [-0.15, -0.1) is 12.4 Å². The summed E-state index contributed by atoms with van der Waals surface area (Å²) in [7, 11) is 0. The molecule has 2 amide bonds. The minimum atomic E-state index is -0.00143. The second-order valence-electron chi connectivity index (χ2n) is 6.45. The minimum absolute atomic E-state index is 0. The van der Waals surface area contributed by atoms with Crippen molar-refractivity contribution in [1.82, 2.24) is 15.5 Å². The summed E-state index contributed by atoms with van der Waals surface area (Å²) in [6, 6.07) is 9.94. The molecule has 24 heavy (non-hydrogen) atoms. The van der Waals surface area contributed by atoms with Crippen LogP contribution in [0.4, 0.5) is 0 Å². The quantitative estimate of drug-likeness (QED) is 0.868. The highest BCUT2D eigenvalue weighted by Crippen LogP contribution is 2.19. The van der Waals surface area contributed by atoms with Crippen molar-refractivity contribution in [2.24, 2.45) is 5.92 Å². The van der Waals surface area contributed by atoms with Gasteiger partial charge in [-0.05, 0) is 37.8 Å². The Kier molecular flexibility index (Phi) is 7.06. The van der Waals surface area contributed by atoms with Gasteiger partial charge in [-0.2, -0.15) is 0 Å². The molecule has 6 heteroatoms. The molecular formula is C18H26ClN3O2. The fraction of sp³-hybridized carbons (Fsp3) is 0.556. The predicted octanol–water partition coefficient (Wildman–Crippen LogP) is 1.72. The van der Waals surface area contributed by atoms with Gasteiger partial charge in [0.2, 0.25) is 11.8 Å². The highest BCUT2D eigenvalue weighted by Gasteiger charge is 2.31. The molecule has 2 saturated heterocycles. The number of amides is 2. The maximum Gasteiger partial charge on any atom is 0.239 e. The molecule has 5 nitrogen and oxygen atoms in total. The number of hydrogen-bond donors (Lipinski definition) is 2. The van der Waals surface area contributed by atoms with Gasteiger partial charge >= 0.3 is 0 Å². The number of carbonyl (C=O) groups excluding carboxylic acids is 2. The van der Waals surface area contributed by atoms with Crippen molar-refractivity contribution in [3.05, 3.63) is 35.9 Å². The number of benzene rings is 1. The Morgan fingerprint density at radius 3 is 2.46 bits per heavy atom. The summed E-state index contributed by atoms with van der Waals surface area (Å²) in [5.41, 5.74) is 1.11. The fourth-order valence-electron chi connectivity index (χ4n) is 3.41. The molecule has 0 aliphatic carbocycles. The second kappa shape index (κ2) is 9.04. The average molecular weight is 352 g/mol. The summed E-state index contributed by atoms with van der Waals surface area (Å²) < 4.78 is 0. The van der Waals surface area contributed by atoms with Crippen molar-refractivity contribution in [2.45, 2.75) is 38.3 Å². The normalized spacial score (nSPS) is 21.2. The van der Waals surface area contributed by atoms with Crippen LogP contribution in [0.5, 0.6) is 0 Å². The highest BCUT2D eigenvalue weighted by molar-refractivity contribution is 5.85. The first-order chi connectivity index (χ1) is 11.2. The smallest absolute Gasteiger partial charge is 0.239 e. The molecule has 2 aliphatic heterocycles. The van der Waals surface area contributed by atoms with Gasteiger partial charge in [-0.25, -0.2) is 0 Å². The van der Waals surface area contributed by atoms with Crippen LogP contribution in [0.3, 0.4) is 0 Å². The number of hydrogen-bond acceptors (Lipinski definition) is 3. The van der Waals surface area contributed by atoms with Gasteiger partial charge in [0.25, 0.3) is 0 Å². The number of carbonyl (C=O) groups is 2. The summed E-state index contributed by atoms with van der Waals surface area (Å²) in [4.78, 5) is 26.5. The van der Waals surface area contributed by atoms with Crippen LogP contribution in [0.2, 0.25) is 0 Å². The summed E-state index contributed by atoms with van der Waals surface area (Å²) in [6.45, 7) is 2.90. The third kappa shape index (κ3) is 4.71. The minimum Gasteiger partial charge on any atom is -0.352 e. The van der Waals surface area contributed by atoms with E-state index in [0.717, 1.165) is 37.8 Å². The molecule has 2 heterocycles. The van der Waals surface area contributed by atoms with Crippen molar-refractivity contribution in [2.75, 3.05) is 19.6 Å².